The number of nitrogens with zero attached hydrogens (tertiary/aromatic N) is 5. The molecule has 30 heavy (non-hydrogen) atoms. The number of aliphatic hydroxyl groups is 1. The largest absolute Gasteiger partial charge is 0.383 e. The summed E-state index contributed by atoms with van der Waals surface area (Å²) in [6, 6.07) is 4.70. The van der Waals surface area contributed by atoms with Crippen LogP contribution in [-0.2, 0) is 16.1 Å². The van der Waals surface area contributed by atoms with Crippen LogP contribution in [0.2, 0.25) is 5.02 Å². The fraction of sp³-hybridized carbons (Fsp3) is 0.550. The molecule has 2 aliphatic rings. The van der Waals surface area contributed by atoms with E-state index >= 15 is 0 Å². The number of aromatic nitrogens is 4. The molecule has 10 heteroatoms. The standard InChI is InChI=1S/C20H25ClN6O3/c1-20(2,3)17(28)19(30)26-9-12-7-14(12)16(26)18(29)22-8-11-6-13(21)4-5-15(11)27-10-23-24-25-27/h4-6,10,12,14,16-17,28H,7-9H2,1-3H3,(H,22,29)/t12-,14-,16-,17-/m0/s1. The third-order valence-electron chi connectivity index (χ3n) is 5.85. The van der Waals surface area contributed by atoms with Gasteiger partial charge in [-0.2, -0.15) is 0 Å². The molecule has 9 nitrogen and oxygen atoms in total. The summed E-state index contributed by atoms with van der Waals surface area (Å²) in [6.45, 7) is 6.15. The Hall–Kier alpha value is -2.52. The molecule has 2 amide bonds. The van der Waals surface area contributed by atoms with Gasteiger partial charge in [-0.3, -0.25) is 9.59 Å². The number of carbonyl (C=O) groups is 2. The van der Waals surface area contributed by atoms with Gasteiger partial charge in [0.05, 0.1) is 5.69 Å². The molecule has 0 radical (unpaired) electrons. The van der Waals surface area contributed by atoms with E-state index < -0.39 is 17.6 Å². The Morgan fingerprint density at radius 2 is 2.13 bits per heavy atom. The van der Waals surface area contributed by atoms with E-state index in [0.29, 0.717) is 23.2 Å². The number of benzene rings is 1. The van der Waals surface area contributed by atoms with Crippen molar-refractivity contribution >= 4 is 23.4 Å². The normalized spacial score (nSPS) is 23.8. The molecule has 2 fully saturated rings. The molecular weight excluding hydrogens is 408 g/mol. The van der Waals surface area contributed by atoms with Crippen LogP contribution in [0.1, 0.15) is 32.8 Å². The van der Waals surface area contributed by atoms with Gasteiger partial charge < -0.3 is 15.3 Å². The number of tetrazole rings is 1. The zero-order valence-corrected chi connectivity index (χ0v) is 17.9. The lowest BCUT2D eigenvalue weighted by Gasteiger charge is -2.33. The van der Waals surface area contributed by atoms with Crippen molar-refractivity contribution in [1.29, 1.82) is 0 Å². The molecule has 1 aromatic heterocycles. The van der Waals surface area contributed by atoms with E-state index in [1.54, 1.807) is 43.9 Å². The predicted molar refractivity (Wildman–Crippen MR) is 109 cm³/mol. The van der Waals surface area contributed by atoms with Crippen LogP contribution in [0.25, 0.3) is 5.69 Å². The number of amides is 2. The summed E-state index contributed by atoms with van der Waals surface area (Å²) >= 11 is 6.14. The lowest BCUT2D eigenvalue weighted by Crippen LogP contribution is -2.53. The first kappa shape index (κ1) is 20.7. The van der Waals surface area contributed by atoms with E-state index in [2.05, 4.69) is 20.8 Å². The summed E-state index contributed by atoms with van der Waals surface area (Å²) < 4.78 is 1.50. The molecular formula is C20H25ClN6O3. The van der Waals surface area contributed by atoms with Crippen LogP contribution in [0.5, 0.6) is 0 Å². The van der Waals surface area contributed by atoms with E-state index in [-0.39, 0.29) is 24.3 Å². The van der Waals surface area contributed by atoms with Gasteiger partial charge in [-0.05, 0) is 57.9 Å². The number of likely N-dealkylation sites (tertiary alicyclic amines) is 1. The smallest absolute Gasteiger partial charge is 0.252 e. The molecule has 0 bridgehead atoms. The first-order chi connectivity index (χ1) is 14.2. The van der Waals surface area contributed by atoms with Crippen LogP contribution in [0.4, 0.5) is 0 Å². The minimum Gasteiger partial charge on any atom is -0.383 e. The van der Waals surface area contributed by atoms with Crippen LogP contribution < -0.4 is 5.32 Å². The van der Waals surface area contributed by atoms with Crippen molar-refractivity contribution < 1.29 is 14.7 Å². The molecule has 160 valence electrons. The topological polar surface area (TPSA) is 113 Å². The summed E-state index contributed by atoms with van der Waals surface area (Å²) in [6.07, 6.45) is 1.25. The molecule has 2 heterocycles. The van der Waals surface area contributed by atoms with Crippen LogP contribution in [0.3, 0.4) is 0 Å². The highest BCUT2D eigenvalue weighted by Gasteiger charge is 2.57. The molecule has 1 saturated carbocycles. The maximum Gasteiger partial charge on any atom is 0.252 e. The Kier molecular flexibility index (Phi) is 5.27. The van der Waals surface area contributed by atoms with E-state index in [0.717, 1.165) is 12.0 Å². The molecule has 4 rings (SSSR count). The maximum atomic E-state index is 13.1. The average Bonchev–Trinajstić information content (AvgIpc) is 3.09. The van der Waals surface area contributed by atoms with Gasteiger partial charge in [-0.25, -0.2) is 4.68 Å². The van der Waals surface area contributed by atoms with E-state index in [1.165, 1.54) is 11.0 Å². The minimum absolute atomic E-state index is 0.152. The number of nitrogens with one attached hydrogen (secondary N) is 1. The van der Waals surface area contributed by atoms with Gasteiger partial charge in [0.1, 0.15) is 18.5 Å². The van der Waals surface area contributed by atoms with Gasteiger partial charge in [0.25, 0.3) is 5.91 Å². The molecule has 1 aromatic carbocycles. The molecule has 1 saturated heterocycles. The number of halogens is 1. The van der Waals surface area contributed by atoms with Crippen molar-refractivity contribution in [2.45, 2.75) is 45.9 Å². The first-order valence-electron chi connectivity index (χ1n) is 9.95. The number of rotatable bonds is 5. The zero-order valence-electron chi connectivity index (χ0n) is 17.1. The third kappa shape index (κ3) is 3.91. The van der Waals surface area contributed by atoms with Crippen molar-refractivity contribution in [3.05, 3.63) is 35.1 Å². The number of piperidine rings is 1. The number of hydrogen-bond acceptors (Lipinski definition) is 6. The lowest BCUT2D eigenvalue weighted by atomic mass is 9.88. The second-order valence-corrected chi connectivity index (χ2v) is 9.55. The monoisotopic (exact) mass is 432 g/mol. The molecule has 2 N–H and O–H groups in total. The highest BCUT2D eigenvalue weighted by atomic mass is 35.5. The summed E-state index contributed by atoms with van der Waals surface area (Å²) in [4.78, 5) is 27.5. The summed E-state index contributed by atoms with van der Waals surface area (Å²) in [5.41, 5.74) is 0.865. The maximum absolute atomic E-state index is 13.1. The summed E-state index contributed by atoms with van der Waals surface area (Å²) in [5, 5.41) is 25.1. The molecule has 2 aromatic rings. The van der Waals surface area contributed by atoms with E-state index in [9.17, 15) is 14.7 Å². The average molecular weight is 433 g/mol. The molecule has 1 aliphatic heterocycles. The second kappa shape index (κ2) is 7.63. The Labute approximate surface area is 179 Å². The van der Waals surface area contributed by atoms with E-state index in [1.807, 2.05) is 0 Å². The van der Waals surface area contributed by atoms with Crippen molar-refractivity contribution in [2.24, 2.45) is 17.3 Å². The van der Waals surface area contributed by atoms with Crippen LogP contribution >= 0.6 is 11.6 Å². The molecule has 0 spiro atoms. The van der Waals surface area contributed by atoms with Crippen molar-refractivity contribution in [2.75, 3.05) is 6.54 Å². The first-order valence-corrected chi connectivity index (χ1v) is 10.3. The molecule has 4 atom stereocenters. The fourth-order valence-electron chi connectivity index (χ4n) is 4.03. The Morgan fingerprint density at radius 3 is 2.80 bits per heavy atom. The fourth-order valence-corrected chi connectivity index (χ4v) is 4.23. The van der Waals surface area contributed by atoms with E-state index in [4.69, 9.17) is 11.6 Å². The van der Waals surface area contributed by atoms with Crippen molar-refractivity contribution in [3.8, 4) is 5.69 Å². The summed E-state index contributed by atoms with van der Waals surface area (Å²) in [7, 11) is 0. The van der Waals surface area contributed by atoms with Crippen LogP contribution in [0, 0.1) is 17.3 Å². The SMILES string of the molecule is CC(C)(C)[C@@H](O)C(=O)N1C[C@@H]2C[C@@H]2[C@H]1C(=O)NCc1cc(Cl)ccc1-n1cnnn1. The number of aliphatic hydroxyl groups excluding tert-OH is 1. The minimum atomic E-state index is -1.15. The Morgan fingerprint density at radius 1 is 1.37 bits per heavy atom. The van der Waals surface area contributed by atoms with Crippen LogP contribution in [-0.4, -0.2) is 60.7 Å². The van der Waals surface area contributed by atoms with Crippen LogP contribution in [0.15, 0.2) is 24.5 Å². The zero-order chi connectivity index (χ0) is 21.6. The number of carbonyl (C=O) groups excluding carboxylic acids is 2. The van der Waals surface area contributed by atoms with Gasteiger partial charge in [0, 0.05) is 18.1 Å². The van der Waals surface area contributed by atoms with Gasteiger partial charge in [0.15, 0.2) is 0 Å². The Bertz CT molecular complexity index is 958. The van der Waals surface area contributed by atoms with Gasteiger partial charge in [-0.1, -0.05) is 32.4 Å². The molecule has 0 unspecified atom stereocenters. The number of fused-ring (bicyclic) bond motifs is 1. The third-order valence-corrected chi connectivity index (χ3v) is 6.08. The summed E-state index contributed by atoms with van der Waals surface area (Å²) in [5.74, 6) is -0.122. The van der Waals surface area contributed by atoms with Gasteiger partial charge in [0.2, 0.25) is 5.91 Å². The molecule has 1 aliphatic carbocycles. The van der Waals surface area contributed by atoms with Gasteiger partial charge in [-0.15, -0.1) is 5.10 Å². The van der Waals surface area contributed by atoms with Crippen molar-refractivity contribution in [3.63, 3.8) is 0 Å². The van der Waals surface area contributed by atoms with Crippen molar-refractivity contribution in [1.82, 2.24) is 30.4 Å². The highest BCUT2D eigenvalue weighted by Crippen LogP contribution is 2.50. The lowest BCUT2D eigenvalue weighted by molar-refractivity contribution is -0.151. The van der Waals surface area contributed by atoms with Gasteiger partial charge >= 0.3 is 0 Å². The Balaban J connectivity index is 1.49. The highest BCUT2D eigenvalue weighted by molar-refractivity contribution is 6.30. The quantitative estimate of drug-likeness (QED) is 0.733. The second-order valence-electron chi connectivity index (χ2n) is 9.11. The predicted octanol–water partition coefficient (Wildman–Crippen LogP) is 1.19. The number of hydrogen-bond donors (Lipinski definition) is 2.